The first-order valence-corrected chi connectivity index (χ1v) is 5.52. The van der Waals surface area contributed by atoms with E-state index in [4.69, 9.17) is 10.8 Å². The predicted octanol–water partition coefficient (Wildman–Crippen LogP) is 1.48. The maximum Gasteiger partial charge on any atom is 0.138 e. The first kappa shape index (κ1) is 10.6. The van der Waals surface area contributed by atoms with Gasteiger partial charge < -0.3 is 15.2 Å². The van der Waals surface area contributed by atoms with Gasteiger partial charge >= 0.3 is 0 Å². The summed E-state index contributed by atoms with van der Waals surface area (Å²) in [5, 5.41) is 8.87. The van der Waals surface area contributed by atoms with Crippen molar-refractivity contribution in [1.82, 2.24) is 9.38 Å². The molecule has 4 nitrogen and oxygen atoms in total. The molecular weight excluding hydrogens is 258 g/mol. The van der Waals surface area contributed by atoms with Crippen LogP contribution in [0.4, 0.5) is 0 Å². The molecule has 80 valence electrons. The zero-order valence-electron chi connectivity index (χ0n) is 8.10. The Morgan fingerprint density at radius 1 is 1.53 bits per heavy atom. The van der Waals surface area contributed by atoms with E-state index in [0.29, 0.717) is 6.42 Å². The molecule has 1 unspecified atom stereocenters. The normalized spacial score (nSPS) is 13.3. The highest BCUT2D eigenvalue weighted by atomic mass is 79.9. The minimum atomic E-state index is -0.207. The Labute approximate surface area is 95.9 Å². The van der Waals surface area contributed by atoms with Crippen LogP contribution in [0, 0.1) is 0 Å². The topological polar surface area (TPSA) is 63.5 Å². The summed E-state index contributed by atoms with van der Waals surface area (Å²) in [6, 6.07) is 5.56. The highest BCUT2D eigenvalue weighted by Crippen LogP contribution is 2.24. The van der Waals surface area contributed by atoms with Crippen molar-refractivity contribution >= 4 is 21.6 Å². The summed E-state index contributed by atoms with van der Waals surface area (Å²) >= 11 is 3.39. The number of aromatic nitrogens is 2. The Morgan fingerprint density at radius 2 is 2.33 bits per heavy atom. The third-order valence-electron chi connectivity index (χ3n) is 2.31. The number of nitrogens with zero attached hydrogens (tertiary/aromatic N) is 2. The van der Waals surface area contributed by atoms with Crippen LogP contribution >= 0.6 is 15.9 Å². The van der Waals surface area contributed by atoms with Crippen molar-refractivity contribution in [2.45, 2.75) is 12.5 Å². The standard InChI is InChI=1S/C10H12BrN3O/c11-10-9(7(12)4-6-15)14-5-2-1-3-8(14)13-10/h1-3,5,7,15H,4,6,12H2. The Morgan fingerprint density at radius 3 is 3.07 bits per heavy atom. The fourth-order valence-electron chi connectivity index (χ4n) is 1.59. The SMILES string of the molecule is NC(CCO)c1c(Br)nc2ccccn12. The minimum absolute atomic E-state index is 0.0771. The molecule has 0 aromatic carbocycles. The number of aliphatic hydroxyl groups is 1. The van der Waals surface area contributed by atoms with E-state index in [1.54, 1.807) is 0 Å². The van der Waals surface area contributed by atoms with E-state index in [0.717, 1.165) is 15.9 Å². The monoisotopic (exact) mass is 269 g/mol. The molecule has 0 amide bonds. The zero-order chi connectivity index (χ0) is 10.8. The highest BCUT2D eigenvalue weighted by Gasteiger charge is 2.15. The predicted molar refractivity (Wildman–Crippen MR) is 61.5 cm³/mol. The van der Waals surface area contributed by atoms with Gasteiger partial charge in [-0.15, -0.1) is 0 Å². The third kappa shape index (κ3) is 1.90. The van der Waals surface area contributed by atoms with Crippen LogP contribution in [0.2, 0.25) is 0 Å². The van der Waals surface area contributed by atoms with Gasteiger partial charge in [0.2, 0.25) is 0 Å². The molecule has 15 heavy (non-hydrogen) atoms. The molecule has 0 radical (unpaired) electrons. The number of rotatable bonds is 3. The molecule has 2 rings (SSSR count). The van der Waals surface area contributed by atoms with Gasteiger partial charge in [-0.25, -0.2) is 4.98 Å². The van der Waals surface area contributed by atoms with Gasteiger partial charge in [0.05, 0.1) is 11.7 Å². The van der Waals surface area contributed by atoms with Crippen LogP contribution in [-0.2, 0) is 0 Å². The van der Waals surface area contributed by atoms with Crippen molar-refractivity contribution in [3.8, 4) is 0 Å². The molecule has 0 spiro atoms. The maximum atomic E-state index is 8.87. The van der Waals surface area contributed by atoms with Crippen molar-refractivity contribution in [3.05, 3.63) is 34.7 Å². The van der Waals surface area contributed by atoms with E-state index in [2.05, 4.69) is 20.9 Å². The summed E-state index contributed by atoms with van der Waals surface area (Å²) in [5.41, 5.74) is 7.72. The van der Waals surface area contributed by atoms with Gasteiger partial charge in [-0.3, -0.25) is 0 Å². The Kier molecular flexibility index (Phi) is 3.04. The first-order valence-electron chi connectivity index (χ1n) is 4.73. The first-order chi connectivity index (χ1) is 7.24. The van der Waals surface area contributed by atoms with Crippen molar-refractivity contribution in [2.75, 3.05) is 6.61 Å². The third-order valence-corrected chi connectivity index (χ3v) is 2.90. The van der Waals surface area contributed by atoms with Gasteiger partial charge in [0.1, 0.15) is 10.3 Å². The molecule has 0 aliphatic carbocycles. The van der Waals surface area contributed by atoms with E-state index in [-0.39, 0.29) is 12.6 Å². The summed E-state index contributed by atoms with van der Waals surface area (Å²) in [7, 11) is 0. The van der Waals surface area contributed by atoms with Crippen LogP contribution in [0.1, 0.15) is 18.2 Å². The van der Waals surface area contributed by atoms with Crippen LogP contribution in [0.15, 0.2) is 29.0 Å². The van der Waals surface area contributed by atoms with Gasteiger partial charge in [0, 0.05) is 12.8 Å². The van der Waals surface area contributed by atoms with Gasteiger partial charge in [0.25, 0.3) is 0 Å². The molecule has 2 aromatic heterocycles. The smallest absolute Gasteiger partial charge is 0.138 e. The second-order valence-electron chi connectivity index (χ2n) is 3.34. The second kappa shape index (κ2) is 4.30. The number of pyridine rings is 1. The lowest BCUT2D eigenvalue weighted by Gasteiger charge is -2.10. The molecule has 3 N–H and O–H groups in total. The Bertz CT molecular complexity index is 469. The van der Waals surface area contributed by atoms with Crippen LogP contribution in [0.25, 0.3) is 5.65 Å². The number of halogens is 1. The van der Waals surface area contributed by atoms with E-state index < -0.39 is 0 Å². The number of aliphatic hydroxyl groups excluding tert-OH is 1. The summed E-state index contributed by atoms with van der Waals surface area (Å²) in [6.45, 7) is 0.0771. The van der Waals surface area contributed by atoms with Crippen LogP contribution in [-0.4, -0.2) is 21.1 Å². The van der Waals surface area contributed by atoms with Crippen LogP contribution in [0.3, 0.4) is 0 Å². The largest absolute Gasteiger partial charge is 0.396 e. The molecule has 2 heterocycles. The van der Waals surface area contributed by atoms with Gasteiger partial charge in [0.15, 0.2) is 0 Å². The molecular formula is C10H12BrN3O. The quantitative estimate of drug-likeness (QED) is 0.887. The molecule has 5 heteroatoms. The van der Waals surface area contributed by atoms with Gasteiger partial charge in [-0.1, -0.05) is 6.07 Å². The summed E-state index contributed by atoms with van der Waals surface area (Å²) < 4.78 is 2.68. The number of nitrogens with two attached hydrogens (primary N) is 1. The van der Waals surface area contributed by atoms with Crippen molar-refractivity contribution in [1.29, 1.82) is 0 Å². The summed E-state index contributed by atoms with van der Waals surface area (Å²) in [6.07, 6.45) is 2.45. The fraction of sp³-hybridized carbons (Fsp3) is 0.300. The lowest BCUT2D eigenvalue weighted by atomic mass is 10.2. The molecule has 0 saturated carbocycles. The van der Waals surface area contributed by atoms with E-state index in [1.807, 2.05) is 28.8 Å². The van der Waals surface area contributed by atoms with Crippen molar-refractivity contribution in [3.63, 3.8) is 0 Å². The number of hydrogen-bond acceptors (Lipinski definition) is 3. The molecule has 0 bridgehead atoms. The molecule has 1 atom stereocenters. The molecule has 2 aromatic rings. The number of fused-ring (bicyclic) bond motifs is 1. The van der Waals surface area contributed by atoms with Crippen molar-refractivity contribution < 1.29 is 5.11 Å². The van der Waals surface area contributed by atoms with Crippen LogP contribution < -0.4 is 5.73 Å². The molecule has 0 aliphatic heterocycles. The van der Waals surface area contributed by atoms with E-state index in [1.165, 1.54) is 0 Å². The minimum Gasteiger partial charge on any atom is -0.396 e. The number of hydrogen-bond donors (Lipinski definition) is 2. The van der Waals surface area contributed by atoms with Crippen molar-refractivity contribution in [2.24, 2.45) is 5.73 Å². The second-order valence-corrected chi connectivity index (χ2v) is 4.09. The zero-order valence-corrected chi connectivity index (χ0v) is 9.68. The maximum absolute atomic E-state index is 8.87. The fourth-order valence-corrected chi connectivity index (χ4v) is 2.26. The lowest BCUT2D eigenvalue weighted by molar-refractivity contribution is 0.275. The van der Waals surface area contributed by atoms with Gasteiger partial charge in [-0.2, -0.15) is 0 Å². The van der Waals surface area contributed by atoms with Gasteiger partial charge in [-0.05, 0) is 34.5 Å². The Hall–Kier alpha value is -0.910. The highest BCUT2D eigenvalue weighted by molar-refractivity contribution is 9.10. The lowest BCUT2D eigenvalue weighted by Crippen LogP contribution is -2.14. The summed E-state index contributed by atoms with van der Waals surface area (Å²) in [4.78, 5) is 4.33. The van der Waals surface area contributed by atoms with Crippen LogP contribution in [0.5, 0.6) is 0 Å². The average Bonchev–Trinajstić information content (AvgIpc) is 2.54. The average molecular weight is 270 g/mol. The summed E-state index contributed by atoms with van der Waals surface area (Å²) in [5.74, 6) is 0. The van der Waals surface area contributed by atoms with E-state index in [9.17, 15) is 0 Å². The van der Waals surface area contributed by atoms with E-state index >= 15 is 0 Å². The molecule has 0 saturated heterocycles. The number of imidazole rings is 1. The Balaban J connectivity index is 2.53. The molecule has 0 fully saturated rings. The molecule has 0 aliphatic rings.